The quantitative estimate of drug-likeness (QED) is 0.0205. The SMILES string of the molecule is CC/C=C/C/C=C/C/C=C/CCCCCCC(=O)OC(/C=C\CCCCCCCCCCC)C(COP(=O)(O)OCC[N+](C)(C)C)NC(=O)CCCCCCCCCCCCCC/C=C\C/C=C\C/C=C\CCCCC. The standard InChI is InChI=1S/C66H119N2O7P/c1-7-10-13-16-19-22-25-27-29-30-31-32-33-34-35-36-37-38-39-40-43-46-49-52-55-58-65(69)67-63(62-74-76(71,72)73-61-60-68(4,5)6)64(57-54-51-48-45-42-24-21-18-15-12-9-3)75-66(70)59-56-53-50-47-44-41-28-26-23-20-17-14-11-8-2/h11,14,19-20,22-23,27-29,31-32,41,54,57,63-64H,7-10,12-13,15-18,21,24-26,30,33-40,42-53,55-56,58-62H2,1-6H3,(H-,67,69,71,72)/p+1/b14-11+,22-19-,23-20+,29-27-,32-31-,41-28+,57-54-. The van der Waals surface area contributed by atoms with E-state index in [-0.39, 0.29) is 31.5 Å². The van der Waals surface area contributed by atoms with Crippen LogP contribution in [0.15, 0.2) is 85.1 Å². The fraction of sp³-hybridized carbons (Fsp3) is 0.758. The fourth-order valence-corrected chi connectivity index (χ4v) is 9.46. The molecular weight excluding hydrogens is 964 g/mol. The molecule has 0 heterocycles. The molecule has 440 valence electrons. The monoisotopic (exact) mass is 1080 g/mol. The van der Waals surface area contributed by atoms with Crippen molar-refractivity contribution in [2.45, 2.75) is 283 Å². The summed E-state index contributed by atoms with van der Waals surface area (Å²) in [5, 5.41) is 3.05. The number of unbranched alkanes of at least 4 members (excludes halogenated alkanes) is 28. The summed E-state index contributed by atoms with van der Waals surface area (Å²) in [7, 11) is 1.48. The lowest BCUT2D eigenvalue weighted by Crippen LogP contribution is -2.47. The van der Waals surface area contributed by atoms with Crippen molar-refractivity contribution in [2.24, 2.45) is 0 Å². The van der Waals surface area contributed by atoms with E-state index in [1.54, 1.807) is 0 Å². The number of likely N-dealkylation sites (N-methyl/N-ethyl adjacent to an activating group) is 1. The highest BCUT2D eigenvalue weighted by Gasteiger charge is 2.30. The molecule has 0 aromatic heterocycles. The number of nitrogens with one attached hydrogen (secondary N) is 1. The van der Waals surface area contributed by atoms with Crippen LogP contribution in [0.3, 0.4) is 0 Å². The zero-order valence-corrected chi connectivity index (χ0v) is 51.1. The number of hydrogen-bond donors (Lipinski definition) is 2. The first-order chi connectivity index (χ1) is 36.9. The zero-order chi connectivity index (χ0) is 55.7. The third kappa shape index (κ3) is 55.9. The van der Waals surface area contributed by atoms with Gasteiger partial charge in [0.15, 0.2) is 0 Å². The number of amides is 1. The summed E-state index contributed by atoms with van der Waals surface area (Å²) < 4.78 is 30.6. The number of phosphoric acid groups is 1. The number of rotatable bonds is 56. The largest absolute Gasteiger partial charge is 0.472 e. The molecule has 0 aliphatic heterocycles. The van der Waals surface area contributed by atoms with Crippen LogP contribution in [-0.4, -0.2) is 74.3 Å². The molecule has 3 atom stereocenters. The summed E-state index contributed by atoms with van der Waals surface area (Å²) in [5.74, 6) is -0.534. The van der Waals surface area contributed by atoms with Gasteiger partial charge in [-0.25, -0.2) is 4.57 Å². The second-order valence-corrected chi connectivity index (χ2v) is 23.6. The Morgan fingerprint density at radius 2 is 0.842 bits per heavy atom. The molecule has 10 heteroatoms. The topological polar surface area (TPSA) is 111 Å². The Bertz CT molecular complexity index is 1580. The summed E-state index contributed by atoms with van der Waals surface area (Å²) in [5.41, 5.74) is 0. The van der Waals surface area contributed by atoms with Crippen LogP contribution in [0.5, 0.6) is 0 Å². The van der Waals surface area contributed by atoms with E-state index in [4.69, 9.17) is 13.8 Å². The van der Waals surface area contributed by atoms with Crippen molar-refractivity contribution in [2.75, 3.05) is 40.9 Å². The van der Waals surface area contributed by atoms with E-state index in [0.29, 0.717) is 23.9 Å². The van der Waals surface area contributed by atoms with E-state index in [9.17, 15) is 19.0 Å². The molecule has 3 unspecified atom stereocenters. The van der Waals surface area contributed by atoms with Crippen molar-refractivity contribution >= 4 is 19.7 Å². The van der Waals surface area contributed by atoms with E-state index < -0.39 is 20.0 Å². The normalized spacial score (nSPS) is 14.2. The van der Waals surface area contributed by atoms with Crippen molar-refractivity contribution in [3.8, 4) is 0 Å². The second-order valence-electron chi connectivity index (χ2n) is 22.2. The number of carbonyl (C=O) groups is 2. The van der Waals surface area contributed by atoms with Crippen LogP contribution < -0.4 is 5.32 Å². The maximum Gasteiger partial charge on any atom is 0.472 e. The molecule has 76 heavy (non-hydrogen) atoms. The Kier molecular flexibility index (Phi) is 53.5. The number of carbonyl (C=O) groups excluding carboxylic acids is 2. The molecule has 0 saturated carbocycles. The molecule has 0 fully saturated rings. The number of hydrogen-bond acceptors (Lipinski definition) is 6. The smallest absolute Gasteiger partial charge is 0.456 e. The summed E-state index contributed by atoms with van der Waals surface area (Å²) >= 11 is 0. The van der Waals surface area contributed by atoms with Gasteiger partial charge in [-0.05, 0) is 102 Å². The molecule has 0 aliphatic rings. The molecule has 2 N–H and O–H groups in total. The molecule has 0 aromatic carbocycles. The minimum Gasteiger partial charge on any atom is -0.456 e. The Labute approximate surface area is 469 Å². The first-order valence-electron chi connectivity index (χ1n) is 31.4. The van der Waals surface area contributed by atoms with Crippen molar-refractivity contribution in [1.82, 2.24) is 5.32 Å². The summed E-state index contributed by atoms with van der Waals surface area (Å²) in [6.45, 7) is 6.85. The van der Waals surface area contributed by atoms with Crippen LogP contribution >= 0.6 is 7.82 Å². The lowest BCUT2D eigenvalue weighted by Gasteiger charge is -2.27. The number of quaternary nitrogens is 1. The second kappa shape index (κ2) is 55.5. The minimum atomic E-state index is -4.46. The van der Waals surface area contributed by atoms with Crippen LogP contribution in [0.2, 0.25) is 0 Å². The van der Waals surface area contributed by atoms with Crippen LogP contribution in [-0.2, 0) is 27.9 Å². The lowest BCUT2D eigenvalue weighted by atomic mass is 10.0. The predicted octanol–water partition coefficient (Wildman–Crippen LogP) is 19.4. The molecule has 0 saturated heterocycles. The van der Waals surface area contributed by atoms with Gasteiger partial charge >= 0.3 is 13.8 Å². The van der Waals surface area contributed by atoms with Crippen LogP contribution in [0.25, 0.3) is 0 Å². The van der Waals surface area contributed by atoms with Gasteiger partial charge in [0.1, 0.15) is 19.3 Å². The molecule has 0 aliphatic carbocycles. The van der Waals surface area contributed by atoms with Gasteiger partial charge in [-0.15, -0.1) is 0 Å². The predicted molar refractivity (Wildman–Crippen MR) is 328 cm³/mol. The molecular formula is C66H120N2O7P+. The van der Waals surface area contributed by atoms with Gasteiger partial charge in [0, 0.05) is 12.8 Å². The van der Waals surface area contributed by atoms with Crippen molar-refractivity contribution in [3.63, 3.8) is 0 Å². The van der Waals surface area contributed by atoms with Crippen molar-refractivity contribution in [1.29, 1.82) is 0 Å². The summed E-state index contributed by atoms with van der Waals surface area (Å²) in [4.78, 5) is 37.7. The highest BCUT2D eigenvalue weighted by molar-refractivity contribution is 7.47. The third-order valence-corrected chi connectivity index (χ3v) is 14.6. The molecule has 9 nitrogen and oxygen atoms in total. The molecule has 0 aromatic rings. The van der Waals surface area contributed by atoms with E-state index >= 15 is 0 Å². The molecule has 1 amide bonds. The van der Waals surface area contributed by atoms with Crippen LogP contribution in [0, 0.1) is 0 Å². The number of allylic oxidation sites excluding steroid dienone is 13. The summed E-state index contributed by atoms with van der Waals surface area (Å²) in [6.07, 6.45) is 73.0. The highest BCUT2D eigenvalue weighted by Crippen LogP contribution is 2.43. The van der Waals surface area contributed by atoms with E-state index in [1.165, 1.54) is 135 Å². The average Bonchev–Trinajstić information content (AvgIpc) is 3.38. The minimum absolute atomic E-state index is 0.0331. The fourth-order valence-electron chi connectivity index (χ4n) is 8.73. The van der Waals surface area contributed by atoms with Crippen LogP contribution in [0.4, 0.5) is 0 Å². The van der Waals surface area contributed by atoms with Gasteiger partial charge in [0.2, 0.25) is 5.91 Å². The molecule has 0 rings (SSSR count). The Hall–Kier alpha value is -2.81. The summed E-state index contributed by atoms with van der Waals surface area (Å²) in [6, 6.07) is -0.861. The average molecular weight is 1080 g/mol. The van der Waals surface area contributed by atoms with Gasteiger partial charge in [-0.1, -0.05) is 241 Å². The number of esters is 1. The van der Waals surface area contributed by atoms with E-state index in [2.05, 4.69) is 99.0 Å². The number of phosphoric ester groups is 1. The molecule has 0 spiro atoms. The first kappa shape index (κ1) is 73.2. The molecule has 0 bridgehead atoms. The van der Waals surface area contributed by atoms with Gasteiger partial charge in [-0.3, -0.25) is 18.6 Å². The highest BCUT2D eigenvalue weighted by atomic mass is 31.2. The van der Waals surface area contributed by atoms with Gasteiger partial charge in [0.25, 0.3) is 0 Å². The van der Waals surface area contributed by atoms with E-state index in [0.717, 1.165) is 96.3 Å². The van der Waals surface area contributed by atoms with Gasteiger partial charge in [-0.2, -0.15) is 0 Å². The first-order valence-corrected chi connectivity index (χ1v) is 32.9. The lowest BCUT2D eigenvalue weighted by molar-refractivity contribution is -0.870. The maximum absolute atomic E-state index is 13.5. The van der Waals surface area contributed by atoms with E-state index in [1.807, 2.05) is 33.3 Å². The third-order valence-electron chi connectivity index (χ3n) is 13.6. The van der Waals surface area contributed by atoms with Crippen molar-refractivity contribution in [3.05, 3.63) is 85.1 Å². The zero-order valence-electron chi connectivity index (χ0n) is 50.2. The Morgan fingerprint density at radius 1 is 0.474 bits per heavy atom. The Balaban J connectivity index is 5.11. The van der Waals surface area contributed by atoms with Crippen molar-refractivity contribution < 1.29 is 37.3 Å². The van der Waals surface area contributed by atoms with Gasteiger partial charge in [0.05, 0.1) is 33.8 Å². The maximum atomic E-state index is 13.5. The Morgan fingerprint density at radius 3 is 1.29 bits per heavy atom. The number of nitrogens with zero attached hydrogens (tertiary/aromatic N) is 1. The van der Waals surface area contributed by atoms with Gasteiger partial charge < -0.3 is 19.4 Å². The van der Waals surface area contributed by atoms with Crippen LogP contribution in [0.1, 0.15) is 271 Å². The number of ether oxygens (including phenoxy) is 1. The molecule has 0 radical (unpaired) electrons.